The van der Waals surface area contributed by atoms with E-state index in [-0.39, 0.29) is 60.5 Å². The van der Waals surface area contributed by atoms with Crippen LogP contribution in [-0.2, 0) is 28.7 Å². The number of nitrogens with zero attached hydrogens (tertiary/aromatic N) is 3. The summed E-state index contributed by atoms with van der Waals surface area (Å²) in [5.74, 6) is -1.40. The number of amides is 4. The summed E-state index contributed by atoms with van der Waals surface area (Å²) >= 11 is 0. The third-order valence-corrected chi connectivity index (χ3v) is 10.2. The molecule has 0 aromatic heterocycles. The molecule has 2 unspecified atom stereocenters. The van der Waals surface area contributed by atoms with Crippen LogP contribution in [0.4, 0.5) is 0 Å². The highest BCUT2D eigenvalue weighted by Gasteiger charge is 2.42. The van der Waals surface area contributed by atoms with Crippen LogP contribution in [0.2, 0.25) is 0 Å². The van der Waals surface area contributed by atoms with Crippen molar-refractivity contribution in [3.05, 3.63) is 35.9 Å². The average molecular weight is 690 g/mol. The number of nitrogens with one attached hydrogen (secondary N) is 2. The van der Waals surface area contributed by atoms with Crippen LogP contribution in [-0.4, -0.2) is 128 Å². The number of aliphatic hydroxyl groups is 1. The molecular formula is C37H63N5O7. The maximum atomic E-state index is 14.0. The van der Waals surface area contributed by atoms with E-state index in [9.17, 15) is 24.3 Å². The summed E-state index contributed by atoms with van der Waals surface area (Å²) in [7, 11) is 8.48. The molecule has 278 valence electrons. The summed E-state index contributed by atoms with van der Waals surface area (Å²) in [5, 5.41) is 16.5. The van der Waals surface area contributed by atoms with Crippen LogP contribution < -0.4 is 10.6 Å². The van der Waals surface area contributed by atoms with E-state index in [0.717, 1.165) is 12.8 Å². The molecule has 0 aliphatic carbocycles. The number of methoxy groups -OCH3 is 2. The fourth-order valence-electron chi connectivity index (χ4n) is 7.22. The number of hydrogen-bond donors (Lipinski definition) is 3. The Balaban J connectivity index is 2.15. The van der Waals surface area contributed by atoms with Gasteiger partial charge in [-0.1, -0.05) is 71.4 Å². The van der Waals surface area contributed by atoms with Crippen molar-refractivity contribution in [2.45, 2.75) is 110 Å². The average Bonchev–Trinajstić information content (AvgIpc) is 3.56. The number of likely N-dealkylation sites (tertiary alicyclic amines) is 1. The normalized spacial score (nSPS) is 19.8. The molecule has 1 fully saturated rings. The van der Waals surface area contributed by atoms with Gasteiger partial charge >= 0.3 is 0 Å². The smallest absolute Gasteiger partial charge is 0.242 e. The third kappa shape index (κ3) is 11.2. The SMILES string of the molecule is CCC(C)[C@@H](C(CC(=O)N1CCC[C@H]1[C@H](OC)[C@@H](C)C(=O)N[C@H](C)[C@@H](O)c1ccccc1)OC)N(C)C(=O)CNC(=O)[C@H](C(C)C)N(C)C. The van der Waals surface area contributed by atoms with Gasteiger partial charge in [-0.3, -0.25) is 24.1 Å². The molecule has 1 saturated heterocycles. The molecule has 1 aromatic carbocycles. The molecule has 12 nitrogen and oxygen atoms in total. The number of aliphatic hydroxyl groups excluding tert-OH is 1. The Bertz CT molecular complexity index is 1190. The van der Waals surface area contributed by atoms with Crippen molar-refractivity contribution in [2.24, 2.45) is 17.8 Å². The zero-order valence-electron chi connectivity index (χ0n) is 31.6. The Morgan fingerprint density at radius 2 is 1.61 bits per heavy atom. The van der Waals surface area contributed by atoms with Crippen molar-refractivity contribution >= 4 is 23.6 Å². The van der Waals surface area contributed by atoms with Crippen LogP contribution in [0.3, 0.4) is 0 Å². The lowest BCUT2D eigenvalue weighted by atomic mass is 9.90. The Kier molecular flexibility index (Phi) is 17.1. The van der Waals surface area contributed by atoms with Gasteiger partial charge in [0.25, 0.3) is 0 Å². The zero-order chi connectivity index (χ0) is 37.0. The fraction of sp³-hybridized carbons (Fsp3) is 0.730. The Labute approximate surface area is 294 Å². The van der Waals surface area contributed by atoms with Crippen molar-refractivity contribution in [3.63, 3.8) is 0 Å². The summed E-state index contributed by atoms with van der Waals surface area (Å²) in [6.07, 6.45) is 0.203. The predicted molar refractivity (Wildman–Crippen MR) is 190 cm³/mol. The van der Waals surface area contributed by atoms with Crippen molar-refractivity contribution in [1.29, 1.82) is 0 Å². The first-order valence-corrected chi connectivity index (χ1v) is 17.7. The summed E-state index contributed by atoms with van der Waals surface area (Å²) in [6, 6.07) is 7.54. The Morgan fingerprint density at radius 1 is 0.980 bits per heavy atom. The molecule has 4 amide bonds. The van der Waals surface area contributed by atoms with Gasteiger partial charge in [-0.15, -0.1) is 0 Å². The van der Waals surface area contributed by atoms with E-state index >= 15 is 0 Å². The second-order valence-corrected chi connectivity index (χ2v) is 14.2. The van der Waals surface area contributed by atoms with Gasteiger partial charge in [0.15, 0.2) is 0 Å². The second-order valence-electron chi connectivity index (χ2n) is 14.2. The van der Waals surface area contributed by atoms with Crippen LogP contribution in [0, 0.1) is 17.8 Å². The molecule has 3 N–H and O–H groups in total. The van der Waals surface area contributed by atoms with E-state index in [0.29, 0.717) is 18.5 Å². The topological polar surface area (TPSA) is 141 Å². The summed E-state index contributed by atoms with van der Waals surface area (Å²) in [6.45, 7) is 11.9. The summed E-state index contributed by atoms with van der Waals surface area (Å²) < 4.78 is 11.8. The Morgan fingerprint density at radius 3 is 2.14 bits per heavy atom. The fourth-order valence-corrected chi connectivity index (χ4v) is 7.22. The van der Waals surface area contributed by atoms with E-state index in [1.807, 2.05) is 77.0 Å². The van der Waals surface area contributed by atoms with Gasteiger partial charge in [-0.05, 0) is 51.3 Å². The standard InChI is InChI=1S/C37H63N5O7/c1-12-24(4)33(41(9)31(44)22-38-37(47)32(23(2)3)40(7)8)29(48-10)21-30(43)42-20-16-19-28(42)35(49-11)25(5)36(46)39-26(6)34(45)27-17-14-13-15-18-27/h13-15,17-18,23-26,28-29,32-35,45H,12,16,19-22H2,1-11H3,(H,38,47)(H,39,46)/t24?,25-,26-,28+,29?,32+,33+,34-,35-/m1/s1. The minimum atomic E-state index is -0.872. The van der Waals surface area contributed by atoms with Gasteiger partial charge in [-0.25, -0.2) is 0 Å². The van der Waals surface area contributed by atoms with Crippen molar-refractivity contribution in [3.8, 4) is 0 Å². The molecule has 0 spiro atoms. The number of ether oxygens (including phenoxy) is 2. The quantitative estimate of drug-likeness (QED) is 0.202. The van der Waals surface area contributed by atoms with Crippen LogP contribution >= 0.6 is 0 Å². The van der Waals surface area contributed by atoms with Gasteiger partial charge in [0.05, 0.1) is 61.4 Å². The van der Waals surface area contributed by atoms with E-state index < -0.39 is 36.3 Å². The van der Waals surface area contributed by atoms with Gasteiger partial charge in [-0.2, -0.15) is 0 Å². The summed E-state index contributed by atoms with van der Waals surface area (Å²) in [5.41, 5.74) is 0.711. The molecule has 0 bridgehead atoms. The lowest BCUT2D eigenvalue weighted by Gasteiger charge is -2.39. The monoisotopic (exact) mass is 689 g/mol. The molecule has 2 rings (SSSR count). The van der Waals surface area contributed by atoms with Crippen LogP contribution in [0.5, 0.6) is 0 Å². The highest BCUT2D eigenvalue weighted by Crippen LogP contribution is 2.29. The number of carbonyl (C=O) groups excluding carboxylic acids is 4. The molecule has 0 saturated carbocycles. The molecule has 1 heterocycles. The third-order valence-electron chi connectivity index (χ3n) is 10.2. The minimum absolute atomic E-state index is 0.00522. The van der Waals surface area contributed by atoms with Gasteiger partial charge in [0.2, 0.25) is 23.6 Å². The maximum Gasteiger partial charge on any atom is 0.242 e. The first kappa shape index (κ1) is 42.1. The summed E-state index contributed by atoms with van der Waals surface area (Å²) in [4.78, 5) is 58.9. The number of benzene rings is 1. The van der Waals surface area contributed by atoms with Crippen molar-refractivity contribution < 1.29 is 33.8 Å². The molecule has 1 aromatic rings. The van der Waals surface area contributed by atoms with Gasteiger partial charge < -0.3 is 35.0 Å². The first-order chi connectivity index (χ1) is 23.1. The number of likely N-dealkylation sites (N-methyl/N-ethyl adjacent to an activating group) is 2. The van der Waals surface area contributed by atoms with Crippen LogP contribution in [0.1, 0.15) is 78.9 Å². The molecule has 49 heavy (non-hydrogen) atoms. The predicted octanol–water partition coefficient (Wildman–Crippen LogP) is 2.85. The lowest BCUT2D eigenvalue weighted by molar-refractivity contribution is -0.146. The first-order valence-electron chi connectivity index (χ1n) is 17.7. The minimum Gasteiger partial charge on any atom is -0.386 e. The molecule has 0 radical (unpaired) electrons. The van der Waals surface area contributed by atoms with E-state index in [1.165, 1.54) is 0 Å². The number of carbonyl (C=O) groups is 4. The molecule has 9 atom stereocenters. The van der Waals surface area contributed by atoms with Crippen molar-refractivity contribution in [1.82, 2.24) is 25.3 Å². The number of rotatable bonds is 19. The zero-order valence-corrected chi connectivity index (χ0v) is 31.6. The number of hydrogen-bond acceptors (Lipinski definition) is 8. The maximum absolute atomic E-state index is 14.0. The lowest BCUT2D eigenvalue weighted by Crippen LogP contribution is -2.55. The van der Waals surface area contributed by atoms with Crippen LogP contribution in [0.15, 0.2) is 30.3 Å². The molecule has 12 heteroatoms. The molecule has 1 aliphatic rings. The highest BCUT2D eigenvalue weighted by atomic mass is 16.5. The van der Waals surface area contributed by atoms with Crippen LogP contribution in [0.25, 0.3) is 0 Å². The van der Waals surface area contributed by atoms with E-state index in [2.05, 4.69) is 10.6 Å². The van der Waals surface area contributed by atoms with E-state index in [4.69, 9.17) is 9.47 Å². The largest absolute Gasteiger partial charge is 0.386 e. The second kappa shape index (κ2) is 20.0. The van der Waals surface area contributed by atoms with Gasteiger partial charge in [0.1, 0.15) is 0 Å². The highest BCUT2D eigenvalue weighted by molar-refractivity contribution is 5.87. The van der Waals surface area contributed by atoms with E-state index in [1.54, 1.807) is 44.9 Å². The van der Waals surface area contributed by atoms with Gasteiger partial charge in [0, 0.05) is 27.8 Å². The molecule has 1 aliphatic heterocycles. The van der Waals surface area contributed by atoms with Crippen molar-refractivity contribution in [2.75, 3.05) is 48.5 Å². The molecular weight excluding hydrogens is 626 g/mol. The Hall–Kier alpha value is -3.06.